The Morgan fingerprint density at radius 3 is 2.65 bits per heavy atom. The maximum absolute atomic E-state index is 10.6. The van der Waals surface area contributed by atoms with Crippen molar-refractivity contribution in [3.63, 3.8) is 0 Å². The summed E-state index contributed by atoms with van der Waals surface area (Å²) in [6.45, 7) is 10.7. The summed E-state index contributed by atoms with van der Waals surface area (Å²) in [5.41, 5.74) is 2.86. The van der Waals surface area contributed by atoms with Crippen LogP contribution >= 0.6 is 0 Å². The van der Waals surface area contributed by atoms with Gasteiger partial charge in [0.2, 0.25) is 5.88 Å². The van der Waals surface area contributed by atoms with Crippen molar-refractivity contribution in [2.24, 2.45) is 0 Å². The maximum Gasteiger partial charge on any atom is 0.232 e. The molecule has 0 amide bonds. The zero-order valence-corrected chi connectivity index (χ0v) is 20.7. The number of hydrogen-bond acceptors (Lipinski definition) is 8. The van der Waals surface area contributed by atoms with Gasteiger partial charge in [-0.2, -0.15) is 0 Å². The first kappa shape index (κ1) is 26.2. The zero-order valence-electron chi connectivity index (χ0n) is 20.7. The van der Waals surface area contributed by atoms with Gasteiger partial charge in [-0.25, -0.2) is 0 Å². The van der Waals surface area contributed by atoms with E-state index in [-0.39, 0.29) is 19.3 Å². The first-order valence-electron chi connectivity index (χ1n) is 12.0. The van der Waals surface area contributed by atoms with E-state index in [1.54, 1.807) is 0 Å². The molecule has 1 saturated heterocycles. The van der Waals surface area contributed by atoms with E-state index in [2.05, 4.69) is 39.6 Å². The van der Waals surface area contributed by atoms with E-state index >= 15 is 0 Å². The predicted molar refractivity (Wildman–Crippen MR) is 134 cm³/mol. The number of anilines is 1. The second-order valence-corrected chi connectivity index (χ2v) is 8.95. The first-order valence-corrected chi connectivity index (χ1v) is 12.0. The molecule has 3 rings (SSSR count). The molecular weight excluding hydrogens is 432 g/mol. The molecule has 186 valence electrons. The van der Waals surface area contributed by atoms with Crippen molar-refractivity contribution < 1.29 is 19.1 Å². The van der Waals surface area contributed by atoms with Gasteiger partial charge < -0.3 is 24.0 Å². The van der Waals surface area contributed by atoms with Crippen molar-refractivity contribution in [1.29, 1.82) is 0 Å². The molecule has 2 heterocycles. The summed E-state index contributed by atoms with van der Waals surface area (Å²) in [4.78, 5) is 6.74. The standard InChI is InChI=1S/C26H38N4O4/c1-5-15-33-20-23(31)18-30(12-11-29-13-16-32-17-14-29)19-24-25(22-9-7-6-8-10-22)27-34-26(24)28(4)21(2)3/h1,6-10,21,23,31H,11-20H2,2-4H3/t23-/m0/s1. The summed E-state index contributed by atoms with van der Waals surface area (Å²) in [6.07, 6.45) is 4.62. The normalized spacial score (nSPS) is 15.6. The Morgan fingerprint density at radius 2 is 1.97 bits per heavy atom. The van der Waals surface area contributed by atoms with Gasteiger partial charge in [0, 0.05) is 57.9 Å². The van der Waals surface area contributed by atoms with Crippen LogP contribution < -0.4 is 4.90 Å². The Morgan fingerprint density at radius 1 is 1.24 bits per heavy atom. The lowest BCUT2D eigenvalue weighted by molar-refractivity contribution is 0.0137. The number of rotatable bonds is 13. The van der Waals surface area contributed by atoms with Crippen LogP contribution in [0.4, 0.5) is 5.88 Å². The molecule has 1 atom stereocenters. The minimum absolute atomic E-state index is 0.192. The van der Waals surface area contributed by atoms with Crippen molar-refractivity contribution in [3.8, 4) is 23.6 Å². The number of benzene rings is 1. The van der Waals surface area contributed by atoms with Crippen LogP contribution in [0, 0.1) is 12.3 Å². The summed E-state index contributed by atoms with van der Waals surface area (Å²) in [5, 5.41) is 15.1. The predicted octanol–water partition coefficient (Wildman–Crippen LogP) is 2.33. The molecule has 34 heavy (non-hydrogen) atoms. The summed E-state index contributed by atoms with van der Waals surface area (Å²) >= 11 is 0. The molecule has 0 spiro atoms. The van der Waals surface area contributed by atoms with Gasteiger partial charge in [0.05, 0.1) is 31.5 Å². The lowest BCUT2D eigenvalue weighted by Crippen LogP contribution is -2.43. The highest BCUT2D eigenvalue weighted by atomic mass is 16.5. The fourth-order valence-corrected chi connectivity index (χ4v) is 3.95. The quantitative estimate of drug-likeness (QED) is 0.353. The molecule has 8 nitrogen and oxygen atoms in total. The Kier molecular flexibility index (Phi) is 10.4. The third-order valence-corrected chi connectivity index (χ3v) is 6.09. The van der Waals surface area contributed by atoms with Crippen molar-refractivity contribution in [2.75, 3.05) is 71.1 Å². The number of morpholine rings is 1. The van der Waals surface area contributed by atoms with E-state index in [0.29, 0.717) is 13.1 Å². The second kappa shape index (κ2) is 13.5. The van der Waals surface area contributed by atoms with E-state index in [1.165, 1.54) is 0 Å². The van der Waals surface area contributed by atoms with E-state index in [1.807, 2.05) is 37.4 Å². The number of aromatic nitrogens is 1. The van der Waals surface area contributed by atoms with Gasteiger partial charge in [0.15, 0.2) is 0 Å². The second-order valence-electron chi connectivity index (χ2n) is 8.95. The number of terminal acetylenes is 1. The number of nitrogens with zero attached hydrogens (tertiary/aromatic N) is 4. The number of ether oxygens (including phenoxy) is 2. The van der Waals surface area contributed by atoms with Gasteiger partial charge in [-0.1, -0.05) is 41.4 Å². The minimum atomic E-state index is -0.649. The molecule has 1 aromatic heterocycles. The van der Waals surface area contributed by atoms with Gasteiger partial charge in [-0.15, -0.1) is 6.42 Å². The molecule has 0 unspecified atom stereocenters. The molecule has 0 saturated carbocycles. The molecular formula is C26H38N4O4. The van der Waals surface area contributed by atoms with E-state index in [9.17, 15) is 5.11 Å². The largest absolute Gasteiger partial charge is 0.389 e. The number of aliphatic hydroxyl groups is 1. The Bertz CT molecular complexity index is 890. The van der Waals surface area contributed by atoms with Crippen molar-refractivity contribution >= 4 is 5.88 Å². The fraction of sp³-hybridized carbons (Fsp3) is 0.577. The van der Waals surface area contributed by atoms with Crippen LogP contribution in [0.3, 0.4) is 0 Å². The van der Waals surface area contributed by atoms with Crippen LogP contribution in [-0.4, -0.2) is 98.4 Å². The third kappa shape index (κ3) is 7.55. The van der Waals surface area contributed by atoms with E-state index in [4.69, 9.17) is 20.4 Å². The highest BCUT2D eigenvalue weighted by Crippen LogP contribution is 2.32. The van der Waals surface area contributed by atoms with Crippen LogP contribution in [0.25, 0.3) is 11.3 Å². The minimum Gasteiger partial charge on any atom is -0.389 e. The Labute approximate surface area is 203 Å². The highest BCUT2D eigenvalue weighted by Gasteiger charge is 2.25. The lowest BCUT2D eigenvalue weighted by Gasteiger charge is -2.31. The van der Waals surface area contributed by atoms with Gasteiger partial charge in [-0.05, 0) is 13.8 Å². The van der Waals surface area contributed by atoms with Gasteiger partial charge in [-0.3, -0.25) is 9.80 Å². The van der Waals surface area contributed by atoms with Crippen LogP contribution in [-0.2, 0) is 16.0 Å². The fourth-order valence-electron chi connectivity index (χ4n) is 3.95. The summed E-state index contributed by atoms with van der Waals surface area (Å²) in [7, 11) is 2.02. The lowest BCUT2D eigenvalue weighted by atomic mass is 10.1. The molecule has 0 radical (unpaired) electrons. The van der Waals surface area contributed by atoms with Gasteiger partial charge in [0.25, 0.3) is 0 Å². The molecule has 1 aromatic carbocycles. The van der Waals surface area contributed by atoms with Crippen LogP contribution in [0.5, 0.6) is 0 Å². The molecule has 2 aromatic rings. The van der Waals surface area contributed by atoms with Crippen molar-refractivity contribution in [1.82, 2.24) is 15.0 Å². The van der Waals surface area contributed by atoms with Crippen LogP contribution in [0.1, 0.15) is 19.4 Å². The summed E-state index contributed by atoms with van der Waals surface area (Å²) in [6, 6.07) is 10.3. The number of aliphatic hydroxyl groups excluding tert-OH is 1. The van der Waals surface area contributed by atoms with Crippen LogP contribution in [0.2, 0.25) is 0 Å². The van der Waals surface area contributed by atoms with E-state index < -0.39 is 6.10 Å². The Balaban J connectivity index is 1.83. The summed E-state index contributed by atoms with van der Waals surface area (Å²) in [5.74, 6) is 3.20. The van der Waals surface area contributed by atoms with E-state index in [0.717, 1.165) is 62.1 Å². The smallest absolute Gasteiger partial charge is 0.232 e. The van der Waals surface area contributed by atoms with Gasteiger partial charge >= 0.3 is 0 Å². The molecule has 1 fully saturated rings. The van der Waals surface area contributed by atoms with Crippen molar-refractivity contribution in [3.05, 3.63) is 35.9 Å². The third-order valence-electron chi connectivity index (χ3n) is 6.09. The van der Waals surface area contributed by atoms with Crippen molar-refractivity contribution in [2.45, 2.75) is 32.5 Å². The number of hydrogen-bond donors (Lipinski definition) is 1. The topological polar surface area (TPSA) is 74.4 Å². The molecule has 0 aliphatic carbocycles. The Hall–Kier alpha value is -2.41. The summed E-state index contributed by atoms with van der Waals surface area (Å²) < 4.78 is 16.7. The maximum atomic E-state index is 10.6. The van der Waals surface area contributed by atoms with Crippen LogP contribution in [0.15, 0.2) is 34.9 Å². The molecule has 1 N–H and O–H groups in total. The average molecular weight is 471 g/mol. The average Bonchev–Trinajstić information content (AvgIpc) is 3.26. The monoisotopic (exact) mass is 470 g/mol. The van der Waals surface area contributed by atoms with Gasteiger partial charge in [0.1, 0.15) is 12.3 Å². The highest BCUT2D eigenvalue weighted by molar-refractivity contribution is 5.68. The molecule has 1 aliphatic heterocycles. The molecule has 1 aliphatic rings. The molecule has 8 heteroatoms. The first-order chi connectivity index (χ1) is 16.5. The SMILES string of the molecule is C#CCOC[C@@H](O)CN(CCN1CCOCC1)Cc1c(-c2ccccc2)noc1N(C)C(C)C. The zero-order chi connectivity index (χ0) is 24.3. The molecule has 0 bridgehead atoms.